The Kier molecular flexibility index (Phi) is 6.48. The van der Waals surface area contributed by atoms with Gasteiger partial charge in [-0.3, -0.25) is 24.6 Å². The number of ketones is 1. The number of hydrogen-bond donors (Lipinski definition) is 1. The second kappa shape index (κ2) is 9.89. The van der Waals surface area contributed by atoms with E-state index in [2.05, 4.69) is 5.32 Å². The average Bonchev–Trinajstić information content (AvgIpc) is 3.07. The maximum absolute atomic E-state index is 13.9. The Labute approximate surface area is 214 Å². The fourth-order valence-corrected chi connectivity index (χ4v) is 5.27. The largest absolute Gasteiger partial charge is 0.497 e. The molecule has 188 valence electrons. The lowest BCUT2D eigenvalue weighted by Crippen LogP contribution is -2.38. The van der Waals surface area contributed by atoms with Crippen LogP contribution in [0.2, 0.25) is 0 Å². The summed E-state index contributed by atoms with van der Waals surface area (Å²) in [6, 6.07) is 20.6. The molecule has 3 aromatic rings. The summed E-state index contributed by atoms with van der Waals surface area (Å²) in [5.74, 6) is 0.417. The topological polar surface area (TPSA) is 102 Å². The quantitative estimate of drug-likeness (QED) is 0.347. The Balaban J connectivity index is 1.69. The number of nitro groups is 1. The van der Waals surface area contributed by atoms with Crippen LogP contribution in [0.4, 0.5) is 17.1 Å². The predicted octanol–water partition coefficient (Wildman–Crippen LogP) is 5.91. The number of nitrogens with one attached hydrogen (secondary N) is 1. The molecule has 0 saturated heterocycles. The molecule has 0 fully saturated rings. The molecule has 3 aromatic carbocycles. The summed E-state index contributed by atoms with van der Waals surface area (Å²) in [6.45, 7) is 1.77. The normalized spacial score (nSPS) is 18.9. The zero-order chi connectivity index (χ0) is 26.1. The molecule has 0 spiro atoms. The first kappa shape index (κ1) is 24.2. The van der Waals surface area contributed by atoms with E-state index in [0.29, 0.717) is 28.9 Å². The predicted molar refractivity (Wildman–Crippen MR) is 141 cm³/mol. The van der Waals surface area contributed by atoms with Gasteiger partial charge in [0, 0.05) is 36.2 Å². The lowest BCUT2D eigenvalue weighted by atomic mass is 9.78. The highest BCUT2D eigenvalue weighted by Crippen LogP contribution is 2.48. The van der Waals surface area contributed by atoms with Crippen molar-refractivity contribution in [2.75, 3.05) is 17.3 Å². The van der Waals surface area contributed by atoms with E-state index in [0.717, 1.165) is 17.0 Å². The van der Waals surface area contributed by atoms with Crippen LogP contribution in [-0.4, -0.2) is 23.7 Å². The molecule has 1 amide bonds. The number of Topliss-reactive ketones (excluding diaryl/α,β-unsaturated/α-hetero) is 1. The van der Waals surface area contributed by atoms with Gasteiger partial charge in [-0.15, -0.1) is 0 Å². The first-order valence-corrected chi connectivity index (χ1v) is 12.2. The van der Waals surface area contributed by atoms with E-state index < -0.39 is 11.0 Å². The van der Waals surface area contributed by atoms with Crippen LogP contribution in [0, 0.1) is 10.1 Å². The number of non-ortho nitro benzene ring substituents is 1. The summed E-state index contributed by atoms with van der Waals surface area (Å²) in [6.07, 6.45) is 1.04. The fourth-order valence-electron chi connectivity index (χ4n) is 5.27. The van der Waals surface area contributed by atoms with Crippen molar-refractivity contribution in [3.63, 3.8) is 0 Å². The standard InChI is InChI=1S/C29H27N3O5/c1-3-27(34)31-25-10-5-4-9-23(25)30-24-16-20(18-11-13-22(37-2)14-12-18)17-26(33)28(24)29(31)19-7-6-8-21(15-19)32(35)36/h4-15,20,29-30H,3,16-17H2,1-2H3/t20-,29+/m0/s1. The fraction of sp³-hybridized carbons (Fsp3) is 0.241. The molecule has 5 rings (SSSR count). The average molecular weight is 498 g/mol. The molecule has 0 bridgehead atoms. The second-order valence-electron chi connectivity index (χ2n) is 9.21. The summed E-state index contributed by atoms with van der Waals surface area (Å²) in [5.41, 5.74) is 4.01. The molecule has 0 radical (unpaired) electrons. The Hall–Kier alpha value is -4.46. The highest BCUT2D eigenvalue weighted by atomic mass is 16.6. The minimum absolute atomic E-state index is 0.0593. The van der Waals surface area contributed by atoms with Crippen LogP contribution in [0.15, 0.2) is 84.1 Å². The highest BCUT2D eigenvalue weighted by molar-refractivity contribution is 6.06. The SMILES string of the molecule is CCC(=O)N1c2ccccc2NC2=C(C(=O)C[C@@H](c3ccc(OC)cc3)C2)[C@H]1c1cccc([N+](=O)[O-])c1. The van der Waals surface area contributed by atoms with Gasteiger partial charge >= 0.3 is 0 Å². The molecular weight excluding hydrogens is 470 g/mol. The number of hydrogen-bond acceptors (Lipinski definition) is 6. The smallest absolute Gasteiger partial charge is 0.269 e. The van der Waals surface area contributed by atoms with Crippen LogP contribution in [0.25, 0.3) is 0 Å². The number of methoxy groups -OCH3 is 1. The van der Waals surface area contributed by atoms with Crippen LogP contribution in [0.1, 0.15) is 49.3 Å². The number of carbonyl (C=O) groups is 2. The first-order valence-electron chi connectivity index (χ1n) is 12.2. The van der Waals surface area contributed by atoms with Gasteiger partial charge < -0.3 is 10.1 Å². The molecule has 1 heterocycles. The summed E-state index contributed by atoms with van der Waals surface area (Å²) in [5, 5.41) is 15.1. The van der Waals surface area contributed by atoms with Crippen LogP contribution in [0.5, 0.6) is 5.75 Å². The third kappa shape index (κ3) is 4.46. The van der Waals surface area contributed by atoms with Crippen molar-refractivity contribution in [2.24, 2.45) is 0 Å². The number of nitrogens with zero attached hydrogens (tertiary/aromatic N) is 2. The van der Waals surface area contributed by atoms with Crippen molar-refractivity contribution in [3.8, 4) is 5.75 Å². The number of fused-ring (bicyclic) bond motifs is 1. The van der Waals surface area contributed by atoms with Gasteiger partial charge in [0.15, 0.2) is 5.78 Å². The monoisotopic (exact) mass is 497 g/mol. The van der Waals surface area contributed by atoms with E-state index in [-0.39, 0.29) is 36.1 Å². The van der Waals surface area contributed by atoms with Gasteiger partial charge in [-0.05, 0) is 47.7 Å². The van der Waals surface area contributed by atoms with Crippen molar-refractivity contribution < 1.29 is 19.2 Å². The lowest BCUT2D eigenvalue weighted by molar-refractivity contribution is -0.384. The maximum atomic E-state index is 13.9. The highest BCUT2D eigenvalue weighted by Gasteiger charge is 2.41. The molecule has 0 unspecified atom stereocenters. The number of amides is 1. The van der Waals surface area contributed by atoms with Crippen LogP contribution >= 0.6 is 0 Å². The number of ether oxygens (including phenoxy) is 1. The van der Waals surface area contributed by atoms with Crippen LogP contribution < -0.4 is 15.0 Å². The molecule has 8 nitrogen and oxygen atoms in total. The molecule has 0 saturated carbocycles. The van der Waals surface area contributed by atoms with Crippen LogP contribution in [-0.2, 0) is 9.59 Å². The summed E-state index contributed by atoms with van der Waals surface area (Å²) in [4.78, 5) is 40.1. The minimum Gasteiger partial charge on any atom is -0.497 e. The Morgan fingerprint density at radius 3 is 2.51 bits per heavy atom. The molecule has 1 N–H and O–H groups in total. The van der Waals surface area contributed by atoms with Gasteiger partial charge in [0.05, 0.1) is 29.4 Å². The third-order valence-corrected chi connectivity index (χ3v) is 7.04. The third-order valence-electron chi connectivity index (χ3n) is 7.04. The first-order chi connectivity index (χ1) is 17.9. The van der Waals surface area contributed by atoms with E-state index >= 15 is 0 Å². The van der Waals surface area contributed by atoms with Crippen molar-refractivity contribution >= 4 is 28.8 Å². The molecule has 2 aliphatic rings. The molecule has 8 heteroatoms. The van der Waals surface area contributed by atoms with Crippen molar-refractivity contribution in [2.45, 2.75) is 38.1 Å². The summed E-state index contributed by atoms with van der Waals surface area (Å²) in [7, 11) is 1.61. The van der Waals surface area contributed by atoms with E-state index in [1.807, 2.05) is 48.5 Å². The molecular formula is C29H27N3O5. The molecule has 37 heavy (non-hydrogen) atoms. The molecule has 2 atom stereocenters. The van der Waals surface area contributed by atoms with Gasteiger partial charge in [0.2, 0.25) is 5.91 Å². The summed E-state index contributed by atoms with van der Waals surface area (Å²) < 4.78 is 5.28. The van der Waals surface area contributed by atoms with Gasteiger partial charge in [0.1, 0.15) is 5.75 Å². The van der Waals surface area contributed by atoms with E-state index in [1.165, 1.54) is 12.1 Å². The lowest BCUT2D eigenvalue weighted by Gasteiger charge is -2.35. The molecule has 1 aliphatic carbocycles. The number of anilines is 2. The number of para-hydroxylation sites is 2. The van der Waals surface area contributed by atoms with Gasteiger partial charge in [-0.25, -0.2) is 0 Å². The van der Waals surface area contributed by atoms with E-state index in [1.54, 1.807) is 31.1 Å². The molecule has 1 aliphatic heterocycles. The Bertz CT molecular complexity index is 1410. The summed E-state index contributed by atoms with van der Waals surface area (Å²) >= 11 is 0. The van der Waals surface area contributed by atoms with Crippen LogP contribution in [0.3, 0.4) is 0 Å². The number of benzene rings is 3. The van der Waals surface area contributed by atoms with E-state index in [9.17, 15) is 19.7 Å². The second-order valence-corrected chi connectivity index (χ2v) is 9.21. The number of nitro benzene ring substituents is 1. The van der Waals surface area contributed by atoms with Gasteiger partial charge in [-0.1, -0.05) is 43.3 Å². The van der Waals surface area contributed by atoms with E-state index in [4.69, 9.17) is 4.74 Å². The maximum Gasteiger partial charge on any atom is 0.269 e. The van der Waals surface area contributed by atoms with Gasteiger partial charge in [0.25, 0.3) is 5.69 Å². The minimum atomic E-state index is -0.789. The van der Waals surface area contributed by atoms with Crippen molar-refractivity contribution in [1.29, 1.82) is 0 Å². The van der Waals surface area contributed by atoms with Crippen molar-refractivity contribution in [1.82, 2.24) is 0 Å². The Morgan fingerprint density at radius 2 is 1.81 bits per heavy atom. The Morgan fingerprint density at radius 1 is 1.05 bits per heavy atom. The number of rotatable bonds is 5. The number of carbonyl (C=O) groups excluding carboxylic acids is 2. The number of allylic oxidation sites excluding steroid dienone is 1. The molecule has 0 aromatic heterocycles. The zero-order valence-electron chi connectivity index (χ0n) is 20.6. The zero-order valence-corrected chi connectivity index (χ0v) is 20.6. The van der Waals surface area contributed by atoms with Gasteiger partial charge in [-0.2, -0.15) is 0 Å². The van der Waals surface area contributed by atoms with Crippen molar-refractivity contribution in [3.05, 3.63) is 105 Å².